The first-order valence-corrected chi connectivity index (χ1v) is 8.79. The van der Waals surface area contributed by atoms with Crippen LogP contribution >= 0.6 is 0 Å². The molecular formula is C20H20F4N2O2. The van der Waals surface area contributed by atoms with Crippen molar-refractivity contribution < 1.29 is 27.1 Å². The van der Waals surface area contributed by atoms with Gasteiger partial charge in [-0.2, -0.15) is 13.2 Å². The number of methoxy groups -OCH3 is 1. The molecule has 4 nitrogen and oxygen atoms in total. The molecule has 0 radical (unpaired) electrons. The Labute approximate surface area is 160 Å². The number of ether oxygens (including phenoxy) is 1. The molecule has 1 amide bonds. The third-order valence-electron chi connectivity index (χ3n) is 4.75. The minimum absolute atomic E-state index is 0.00279. The van der Waals surface area contributed by atoms with E-state index in [0.29, 0.717) is 38.5 Å². The zero-order chi connectivity index (χ0) is 20.3. The first-order valence-electron chi connectivity index (χ1n) is 8.79. The van der Waals surface area contributed by atoms with E-state index >= 15 is 0 Å². The molecule has 3 rings (SSSR count). The van der Waals surface area contributed by atoms with Crippen molar-refractivity contribution in [2.75, 3.05) is 33.3 Å². The number of alkyl halides is 3. The van der Waals surface area contributed by atoms with E-state index in [1.165, 1.54) is 37.4 Å². The standard InChI is InChI=1S/C20H20F4N2O2/c1-28-16-6-7-17(18(21)12-16)19(27)26-10-8-25(9-11-26)13-14-2-4-15(5-3-14)20(22,23)24/h2-7,12H,8-11,13H2,1H3. The number of carbonyl (C=O) groups excluding carboxylic acids is 1. The van der Waals surface area contributed by atoms with Gasteiger partial charge < -0.3 is 9.64 Å². The number of hydrogen-bond acceptors (Lipinski definition) is 3. The summed E-state index contributed by atoms with van der Waals surface area (Å²) < 4.78 is 56.9. The fourth-order valence-corrected chi connectivity index (χ4v) is 3.13. The lowest BCUT2D eigenvalue weighted by molar-refractivity contribution is -0.137. The Bertz CT molecular complexity index is 829. The fraction of sp³-hybridized carbons (Fsp3) is 0.350. The van der Waals surface area contributed by atoms with Gasteiger partial charge in [-0.05, 0) is 29.8 Å². The Balaban J connectivity index is 1.56. The predicted octanol–water partition coefficient (Wildman–Crippen LogP) is 3.81. The van der Waals surface area contributed by atoms with Crippen molar-refractivity contribution in [1.29, 1.82) is 0 Å². The number of halogens is 4. The first kappa shape index (κ1) is 20.1. The number of piperazine rings is 1. The van der Waals surface area contributed by atoms with Crippen LogP contribution in [0.15, 0.2) is 42.5 Å². The van der Waals surface area contributed by atoms with Crippen LogP contribution in [-0.2, 0) is 12.7 Å². The molecule has 2 aromatic rings. The summed E-state index contributed by atoms with van der Waals surface area (Å²) in [5.74, 6) is -0.665. The molecule has 8 heteroatoms. The lowest BCUT2D eigenvalue weighted by atomic mass is 10.1. The minimum atomic E-state index is -4.35. The molecule has 0 spiro atoms. The number of amides is 1. The smallest absolute Gasteiger partial charge is 0.416 e. The maximum atomic E-state index is 14.1. The second-order valence-electron chi connectivity index (χ2n) is 6.61. The van der Waals surface area contributed by atoms with E-state index in [1.807, 2.05) is 0 Å². The second kappa shape index (κ2) is 8.18. The normalized spacial score (nSPS) is 15.5. The van der Waals surface area contributed by atoms with Gasteiger partial charge in [0.25, 0.3) is 5.91 Å². The topological polar surface area (TPSA) is 32.8 Å². The Kier molecular flexibility index (Phi) is 5.88. The molecule has 1 aliphatic rings. The van der Waals surface area contributed by atoms with Crippen LogP contribution in [0.4, 0.5) is 17.6 Å². The van der Waals surface area contributed by atoms with E-state index in [-0.39, 0.29) is 11.5 Å². The van der Waals surface area contributed by atoms with E-state index < -0.39 is 17.6 Å². The Morgan fingerprint density at radius 2 is 1.68 bits per heavy atom. The second-order valence-corrected chi connectivity index (χ2v) is 6.61. The maximum Gasteiger partial charge on any atom is 0.416 e. The van der Waals surface area contributed by atoms with Gasteiger partial charge in [-0.1, -0.05) is 12.1 Å². The molecule has 0 atom stereocenters. The summed E-state index contributed by atoms with van der Waals surface area (Å²) in [6.45, 7) is 2.46. The SMILES string of the molecule is COc1ccc(C(=O)N2CCN(Cc3ccc(C(F)(F)F)cc3)CC2)c(F)c1. The molecule has 0 bridgehead atoms. The molecule has 0 saturated carbocycles. The van der Waals surface area contributed by atoms with Crippen LogP contribution < -0.4 is 4.74 Å². The minimum Gasteiger partial charge on any atom is -0.497 e. The van der Waals surface area contributed by atoms with E-state index in [9.17, 15) is 22.4 Å². The Morgan fingerprint density at radius 1 is 1.04 bits per heavy atom. The number of carbonyl (C=O) groups is 1. The lowest BCUT2D eigenvalue weighted by Gasteiger charge is -2.35. The average molecular weight is 396 g/mol. The van der Waals surface area contributed by atoms with Gasteiger partial charge in [-0.3, -0.25) is 9.69 Å². The molecule has 2 aromatic carbocycles. The van der Waals surface area contributed by atoms with Gasteiger partial charge in [-0.25, -0.2) is 4.39 Å². The fourth-order valence-electron chi connectivity index (χ4n) is 3.13. The van der Waals surface area contributed by atoms with Gasteiger partial charge in [0.05, 0.1) is 18.2 Å². The molecule has 0 aliphatic carbocycles. The van der Waals surface area contributed by atoms with Crippen molar-refractivity contribution in [1.82, 2.24) is 9.80 Å². The average Bonchev–Trinajstić information content (AvgIpc) is 2.67. The summed E-state index contributed by atoms with van der Waals surface area (Å²) in [6.07, 6.45) is -4.35. The van der Waals surface area contributed by atoms with Crippen LogP contribution in [0.25, 0.3) is 0 Å². The molecule has 1 fully saturated rings. The highest BCUT2D eigenvalue weighted by Crippen LogP contribution is 2.29. The van der Waals surface area contributed by atoms with Crippen molar-refractivity contribution in [2.24, 2.45) is 0 Å². The third-order valence-corrected chi connectivity index (χ3v) is 4.75. The van der Waals surface area contributed by atoms with E-state index in [0.717, 1.165) is 17.7 Å². The van der Waals surface area contributed by atoms with Gasteiger partial charge >= 0.3 is 6.18 Å². The highest BCUT2D eigenvalue weighted by molar-refractivity contribution is 5.94. The summed E-state index contributed by atoms with van der Waals surface area (Å²) >= 11 is 0. The monoisotopic (exact) mass is 396 g/mol. The molecule has 1 aliphatic heterocycles. The van der Waals surface area contributed by atoms with Crippen molar-refractivity contribution in [3.05, 3.63) is 65.0 Å². The molecule has 1 saturated heterocycles. The highest BCUT2D eigenvalue weighted by atomic mass is 19.4. The number of rotatable bonds is 4. The van der Waals surface area contributed by atoms with Crippen molar-refractivity contribution in [3.63, 3.8) is 0 Å². The Morgan fingerprint density at radius 3 is 2.21 bits per heavy atom. The van der Waals surface area contributed by atoms with Crippen molar-refractivity contribution >= 4 is 5.91 Å². The molecule has 0 unspecified atom stereocenters. The van der Waals surface area contributed by atoms with Crippen LogP contribution in [0.2, 0.25) is 0 Å². The van der Waals surface area contributed by atoms with E-state index in [4.69, 9.17) is 4.74 Å². The summed E-state index contributed by atoms with van der Waals surface area (Å²) in [5, 5.41) is 0. The molecule has 0 N–H and O–H groups in total. The van der Waals surface area contributed by atoms with Crippen LogP contribution in [0, 0.1) is 5.82 Å². The molecule has 0 aromatic heterocycles. The zero-order valence-electron chi connectivity index (χ0n) is 15.3. The van der Waals surface area contributed by atoms with Gasteiger partial charge in [0.2, 0.25) is 0 Å². The largest absolute Gasteiger partial charge is 0.497 e. The quantitative estimate of drug-likeness (QED) is 0.737. The van der Waals surface area contributed by atoms with Gasteiger partial charge in [0.1, 0.15) is 11.6 Å². The van der Waals surface area contributed by atoms with Crippen molar-refractivity contribution in [3.8, 4) is 5.75 Å². The van der Waals surface area contributed by atoms with E-state index in [2.05, 4.69) is 4.90 Å². The summed E-state index contributed by atoms with van der Waals surface area (Å²) in [6, 6.07) is 9.19. The predicted molar refractivity (Wildman–Crippen MR) is 95.6 cm³/mol. The van der Waals surface area contributed by atoms with Crippen LogP contribution in [-0.4, -0.2) is 49.0 Å². The van der Waals surface area contributed by atoms with Crippen LogP contribution in [0.3, 0.4) is 0 Å². The van der Waals surface area contributed by atoms with Gasteiger partial charge in [-0.15, -0.1) is 0 Å². The molecule has 150 valence electrons. The molecule has 28 heavy (non-hydrogen) atoms. The zero-order valence-corrected chi connectivity index (χ0v) is 15.3. The number of hydrogen-bond donors (Lipinski definition) is 0. The molecule has 1 heterocycles. The first-order chi connectivity index (χ1) is 13.3. The van der Waals surface area contributed by atoms with E-state index in [1.54, 1.807) is 4.90 Å². The Hall–Kier alpha value is -2.61. The number of nitrogens with zero attached hydrogens (tertiary/aromatic N) is 2. The van der Waals surface area contributed by atoms with Gasteiger partial charge in [0, 0.05) is 38.8 Å². The molecular weight excluding hydrogens is 376 g/mol. The van der Waals surface area contributed by atoms with Crippen LogP contribution in [0.1, 0.15) is 21.5 Å². The number of benzene rings is 2. The third kappa shape index (κ3) is 4.62. The summed E-state index contributed by atoms with van der Waals surface area (Å²) in [7, 11) is 1.42. The van der Waals surface area contributed by atoms with Crippen LogP contribution in [0.5, 0.6) is 5.75 Å². The maximum absolute atomic E-state index is 14.1. The highest BCUT2D eigenvalue weighted by Gasteiger charge is 2.30. The van der Waals surface area contributed by atoms with Gasteiger partial charge in [0.15, 0.2) is 0 Å². The lowest BCUT2D eigenvalue weighted by Crippen LogP contribution is -2.48. The van der Waals surface area contributed by atoms with Crippen molar-refractivity contribution in [2.45, 2.75) is 12.7 Å². The summed E-state index contributed by atoms with van der Waals surface area (Å²) in [5.41, 5.74) is 0.0964. The summed E-state index contributed by atoms with van der Waals surface area (Å²) in [4.78, 5) is 16.2.